The van der Waals surface area contributed by atoms with E-state index >= 15 is 4.39 Å². The molecule has 1 nitrogen and oxygen atoms in total. The Labute approximate surface area is 427 Å². The number of rotatable bonds is 7. The molecule has 9 aromatic carbocycles. The number of benzene rings is 9. The molecule has 0 N–H and O–H groups in total. The van der Waals surface area contributed by atoms with Gasteiger partial charge in [0.1, 0.15) is 5.82 Å². The Balaban J connectivity index is 1.23. The van der Waals surface area contributed by atoms with Crippen molar-refractivity contribution < 1.29 is 57.1 Å². The highest BCUT2D eigenvalue weighted by Gasteiger charge is 2.38. The van der Waals surface area contributed by atoms with Gasteiger partial charge in [-0.05, 0) is 221 Å². The molecule has 0 radical (unpaired) electrons. The van der Waals surface area contributed by atoms with Crippen molar-refractivity contribution in [2.45, 2.75) is 52.4 Å². The summed E-state index contributed by atoms with van der Waals surface area (Å²) in [4.78, 5) is 0. The van der Waals surface area contributed by atoms with Gasteiger partial charge in [-0.2, -0.15) is 52.7 Å². The summed E-state index contributed by atoms with van der Waals surface area (Å²) in [6, 6.07) is 40.1. The van der Waals surface area contributed by atoms with Crippen LogP contribution in [0.3, 0.4) is 0 Å². The quantitative estimate of drug-likeness (QED) is 0.140. The molecule has 0 unspecified atom stereocenters. The van der Waals surface area contributed by atoms with Crippen LogP contribution in [0.25, 0.3) is 94.3 Å². The number of hydrogen-bond donors (Lipinski definition) is 0. The summed E-state index contributed by atoms with van der Waals surface area (Å²) >= 11 is 0. The van der Waals surface area contributed by atoms with Gasteiger partial charge < -0.3 is 4.57 Å². The highest BCUT2D eigenvalue weighted by Crippen LogP contribution is 2.45. The first-order valence-electron chi connectivity index (χ1n) is 23.6. The lowest BCUT2D eigenvalue weighted by Crippen LogP contribution is -2.11. The van der Waals surface area contributed by atoms with Crippen LogP contribution in [0.2, 0.25) is 0 Å². The van der Waals surface area contributed by atoms with Gasteiger partial charge in [-0.15, -0.1) is 0 Å². The SMILES string of the molecule is Cc1cc(C)cc(-c2cc(-c3cc(C)cc(C(F)(F)F)c3)cc(-c3ccc4c(c3)c3cc(-c5cc(-c6cc(C)cc(C(F)(F)F)c6)cc(-c6cc(C(F)(F)F)cc(C(F)(F)F)c6)c5)ccc3n4-c3ccccc3F)c2)c1. The van der Waals surface area contributed by atoms with Gasteiger partial charge in [0.25, 0.3) is 0 Å². The second kappa shape index (κ2) is 18.6. The smallest absolute Gasteiger partial charge is 0.306 e. The van der Waals surface area contributed by atoms with Crippen molar-refractivity contribution in [2.75, 3.05) is 0 Å². The maximum atomic E-state index is 15.9. The van der Waals surface area contributed by atoms with Gasteiger partial charge in [0.15, 0.2) is 0 Å². The molecule has 10 rings (SSSR count). The molecule has 384 valence electrons. The number of aryl methyl sites for hydroxylation is 4. The fraction of sp³-hybridized carbons (Fsp3) is 0.129. The zero-order valence-electron chi connectivity index (χ0n) is 40.5. The fourth-order valence-electron chi connectivity index (χ4n) is 10.0. The van der Waals surface area contributed by atoms with Crippen LogP contribution in [0.1, 0.15) is 44.5 Å². The zero-order valence-corrected chi connectivity index (χ0v) is 40.5. The van der Waals surface area contributed by atoms with Crippen LogP contribution >= 0.6 is 0 Å². The van der Waals surface area contributed by atoms with Crippen LogP contribution < -0.4 is 0 Å². The summed E-state index contributed by atoms with van der Waals surface area (Å²) in [7, 11) is 0. The first-order valence-corrected chi connectivity index (χ1v) is 23.6. The third kappa shape index (κ3) is 10.2. The minimum absolute atomic E-state index is 0.00911. The Morgan fingerprint density at radius 1 is 0.276 bits per heavy atom. The molecule has 0 atom stereocenters. The van der Waals surface area contributed by atoms with E-state index in [-0.39, 0.29) is 39.6 Å². The largest absolute Gasteiger partial charge is 0.416 e. The van der Waals surface area contributed by atoms with E-state index in [4.69, 9.17) is 0 Å². The van der Waals surface area contributed by atoms with Gasteiger partial charge in [-0.3, -0.25) is 0 Å². The third-order valence-corrected chi connectivity index (χ3v) is 13.3. The van der Waals surface area contributed by atoms with Crippen LogP contribution in [-0.4, -0.2) is 4.57 Å². The number of alkyl halides is 12. The van der Waals surface area contributed by atoms with E-state index in [1.165, 1.54) is 43.3 Å². The molecule has 14 heteroatoms. The lowest BCUT2D eigenvalue weighted by atomic mass is 9.90. The molecular formula is C62H40F13N. The Morgan fingerprint density at radius 3 is 0.921 bits per heavy atom. The number of fused-ring (bicyclic) bond motifs is 3. The standard InChI is InChI=1S/C62H40F13N/c1-33-13-34(2)15-39(14-33)44-20-42(21-45(24-44)40-16-35(3)18-49(26-40)59(64,65)66)37-9-11-56-53(30-37)54-31-38(10-12-57(54)76(56)58-8-6-5-7-55(58)63)43-22-46(41-17-36(4)19-50(27-41)60(67,68)69)25-47(23-43)48-28-51(61(70,71)72)32-52(29-48)62(73,74)75/h5-32H,1-4H3. The summed E-state index contributed by atoms with van der Waals surface area (Å²) in [5.41, 5.74) is 2.11. The molecule has 0 fully saturated rings. The number of halogens is 13. The highest BCUT2D eigenvalue weighted by atomic mass is 19.4. The number of hydrogen-bond acceptors (Lipinski definition) is 0. The monoisotopic (exact) mass is 1050 g/mol. The van der Waals surface area contributed by atoms with E-state index in [1.807, 2.05) is 50.2 Å². The van der Waals surface area contributed by atoms with Crippen molar-refractivity contribution in [3.63, 3.8) is 0 Å². The van der Waals surface area contributed by atoms with Gasteiger partial charge in [0, 0.05) is 10.8 Å². The minimum atomic E-state index is -5.20. The van der Waals surface area contributed by atoms with Crippen molar-refractivity contribution in [3.05, 3.63) is 220 Å². The van der Waals surface area contributed by atoms with E-state index in [9.17, 15) is 52.7 Å². The summed E-state index contributed by atoms with van der Waals surface area (Å²) in [5, 5.41) is 1.04. The van der Waals surface area contributed by atoms with Gasteiger partial charge in [0.2, 0.25) is 0 Å². The highest BCUT2D eigenvalue weighted by molar-refractivity contribution is 6.12. The summed E-state index contributed by atoms with van der Waals surface area (Å²) in [6.07, 6.45) is -19.8. The number of aromatic nitrogens is 1. The van der Waals surface area contributed by atoms with E-state index in [2.05, 4.69) is 0 Å². The Hall–Kier alpha value is -8.13. The Bertz CT molecular complexity index is 3890. The molecule has 0 saturated heterocycles. The lowest BCUT2D eigenvalue weighted by molar-refractivity contribution is -0.143. The molecule has 1 aromatic heterocycles. The third-order valence-electron chi connectivity index (χ3n) is 13.3. The number of para-hydroxylation sites is 1. The van der Waals surface area contributed by atoms with E-state index in [0.29, 0.717) is 72.9 Å². The van der Waals surface area contributed by atoms with Crippen molar-refractivity contribution >= 4 is 21.8 Å². The van der Waals surface area contributed by atoms with Crippen molar-refractivity contribution in [1.82, 2.24) is 4.57 Å². The van der Waals surface area contributed by atoms with Gasteiger partial charge in [-0.25, -0.2) is 4.39 Å². The van der Waals surface area contributed by atoms with Crippen molar-refractivity contribution in [3.8, 4) is 72.4 Å². The molecule has 0 bridgehead atoms. The van der Waals surface area contributed by atoms with E-state index < -0.39 is 58.3 Å². The number of nitrogens with zero attached hydrogens (tertiary/aromatic N) is 1. The van der Waals surface area contributed by atoms with E-state index in [1.54, 1.807) is 66.1 Å². The molecule has 0 amide bonds. The minimum Gasteiger partial charge on any atom is -0.306 e. The lowest BCUT2D eigenvalue weighted by Gasteiger charge is -2.17. The molecule has 0 aliphatic heterocycles. The molecule has 0 aliphatic rings. The van der Waals surface area contributed by atoms with Gasteiger partial charge >= 0.3 is 24.7 Å². The average molecular weight is 1050 g/mol. The van der Waals surface area contributed by atoms with Gasteiger partial charge in [0.05, 0.1) is 39.0 Å². The molecule has 0 aliphatic carbocycles. The Morgan fingerprint density at radius 2 is 0.566 bits per heavy atom. The first-order chi connectivity index (χ1) is 35.7. The molecular weight excluding hydrogens is 1010 g/mol. The van der Waals surface area contributed by atoms with Crippen LogP contribution in [0.5, 0.6) is 0 Å². The summed E-state index contributed by atoms with van der Waals surface area (Å²) in [6.45, 7) is 6.87. The molecule has 76 heavy (non-hydrogen) atoms. The van der Waals surface area contributed by atoms with Crippen LogP contribution in [0, 0.1) is 33.5 Å². The van der Waals surface area contributed by atoms with Crippen molar-refractivity contribution in [1.29, 1.82) is 0 Å². The summed E-state index contributed by atoms with van der Waals surface area (Å²) in [5.74, 6) is -0.579. The Kier molecular flexibility index (Phi) is 12.6. The maximum absolute atomic E-state index is 15.9. The molecule has 0 saturated carbocycles. The second-order valence-electron chi connectivity index (χ2n) is 19.2. The predicted octanol–water partition coefficient (Wildman–Crippen LogP) is 20.2. The molecule has 1 heterocycles. The van der Waals surface area contributed by atoms with Crippen LogP contribution in [0.4, 0.5) is 57.1 Å². The second-order valence-corrected chi connectivity index (χ2v) is 19.2. The normalized spacial score (nSPS) is 12.5. The fourth-order valence-corrected chi connectivity index (χ4v) is 10.0. The van der Waals surface area contributed by atoms with Gasteiger partial charge in [-0.1, -0.05) is 65.7 Å². The van der Waals surface area contributed by atoms with Crippen LogP contribution in [-0.2, 0) is 24.7 Å². The van der Waals surface area contributed by atoms with Crippen LogP contribution in [0.15, 0.2) is 170 Å². The maximum Gasteiger partial charge on any atom is 0.416 e. The first kappa shape index (κ1) is 51.4. The van der Waals surface area contributed by atoms with E-state index in [0.717, 1.165) is 41.0 Å². The average Bonchev–Trinajstić information content (AvgIpc) is 3.84. The molecule has 10 aromatic rings. The summed E-state index contributed by atoms with van der Waals surface area (Å²) < 4.78 is 189. The predicted molar refractivity (Wildman–Crippen MR) is 272 cm³/mol. The topological polar surface area (TPSA) is 4.93 Å². The molecule has 0 spiro atoms. The zero-order chi connectivity index (χ0) is 54.4. The van der Waals surface area contributed by atoms with Crippen molar-refractivity contribution in [2.24, 2.45) is 0 Å².